The molecule has 0 aliphatic carbocycles. The molecule has 0 saturated heterocycles. The molecule has 1 unspecified atom stereocenters. The van der Waals surface area contributed by atoms with Gasteiger partial charge in [0.1, 0.15) is 0 Å². The summed E-state index contributed by atoms with van der Waals surface area (Å²) in [5.74, 6) is 0.0343. The quantitative estimate of drug-likeness (QED) is 0.872. The van der Waals surface area contributed by atoms with Crippen LogP contribution in [0.5, 0.6) is 0 Å². The fourth-order valence-electron chi connectivity index (χ4n) is 1.64. The number of halogens is 1. The van der Waals surface area contributed by atoms with Crippen LogP contribution in [0.1, 0.15) is 24.2 Å². The van der Waals surface area contributed by atoms with Gasteiger partial charge in [0, 0.05) is 31.6 Å². The lowest BCUT2D eigenvalue weighted by atomic mass is 10.2. The van der Waals surface area contributed by atoms with E-state index >= 15 is 0 Å². The summed E-state index contributed by atoms with van der Waals surface area (Å²) in [5, 5.41) is 2.80. The van der Waals surface area contributed by atoms with E-state index in [4.69, 9.17) is 0 Å². The van der Waals surface area contributed by atoms with E-state index in [1.807, 2.05) is 20.1 Å². The fourth-order valence-corrected chi connectivity index (χ4v) is 2.35. The van der Waals surface area contributed by atoms with Crippen LogP contribution in [-0.2, 0) is 0 Å². The second-order valence-electron chi connectivity index (χ2n) is 4.27. The van der Waals surface area contributed by atoms with Gasteiger partial charge in [0.15, 0.2) is 11.6 Å². The molecular weight excluding hydrogens is 265 g/mol. The lowest BCUT2D eigenvalue weighted by Gasteiger charge is -2.24. The number of pyridine rings is 1. The summed E-state index contributed by atoms with van der Waals surface area (Å²) < 4.78 is 14.1. The molecule has 6 heteroatoms. The number of rotatable bonds is 6. The number of carbonyl (C=O) groups is 1. The van der Waals surface area contributed by atoms with Crippen LogP contribution in [-0.4, -0.2) is 47.4 Å². The first kappa shape index (κ1) is 15.8. The SMILES string of the molecule is CCNc1nccc(C(=O)N(C)C(C)CSC)c1F. The third-order valence-electron chi connectivity index (χ3n) is 2.85. The van der Waals surface area contributed by atoms with E-state index in [0.717, 1.165) is 5.75 Å². The largest absolute Gasteiger partial charge is 0.368 e. The molecule has 1 atom stereocenters. The molecule has 0 bridgehead atoms. The summed E-state index contributed by atoms with van der Waals surface area (Å²) in [4.78, 5) is 17.7. The average molecular weight is 285 g/mol. The molecule has 1 amide bonds. The van der Waals surface area contributed by atoms with Crippen molar-refractivity contribution >= 4 is 23.5 Å². The van der Waals surface area contributed by atoms with Crippen molar-refractivity contribution in [1.29, 1.82) is 0 Å². The van der Waals surface area contributed by atoms with Crippen molar-refractivity contribution in [1.82, 2.24) is 9.88 Å². The Bertz CT molecular complexity index is 442. The van der Waals surface area contributed by atoms with Gasteiger partial charge in [0.05, 0.1) is 5.56 Å². The summed E-state index contributed by atoms with van der Waals surface area (Å²) in [6.07, 6.45) is 3.42. The highest BCUT2D eigenvalue weighted by Gasteiger charge is 2.22. The van der Waals surface area contributed by atoms with Gasteiger partial charge in [-0.3, -0.25) is 4.79 Å². The lowest BCUT2D eigenvalue weighted by molar-refractivity contribution is 0.0753. The monoisotopic (exact) mass is 285 g/mol. The van der Waals surface area contributed by atoms with Crippen molar-refractivity contribution < 1.29 is 9.18 Å². The Hall–Kier alpha value is -1.30. The Labute approximate surface area is 117 Å². The van der Waals surface area contributed by atoms with Gasteiger partial charge >= 0.3 is 0 Å². The summed E-state index contributed by atoms with van der Waals surface area (Å²) >= 11 is 1.65. The van der Waals surface area contributed by atoms with E-state index in [1.54, 1.807) is 23.7 Å². The van der Waals surface area contributed by atoms with Crippen LogP contribution in [0.4, 0.5) is 10.2 Å². The number of nitrogens with zero attached hydrogens (tertiary/aromatic N) is 2. The number of aromatic nitrogens is 1. The summed E-state index contributed by atoms with van der Waals surface area (Å²) in [6, 6.07) is 1.47. The zero-order valence-electron chi connectivity index (χ0n) is 11.7. The molecule has 0 aromatic carbocycles. The van der Waals surface area contributed by atoms with Crippen LogP contribution in [0.3, 0.4) is 0 Å². The summed E-state index contributed by atoms with van der Waals surface area (Å²) in [5.41, 5.74) is 0.0569. The highest BCUT2D eigenvalue weighted by molar-refractivity contribution is 7.98. The van der Waals surface area contributed by atoms with Crippen molar-refractivity contribution in [2.45, 2.75) is 19.9 Å². The summed E-state index contributed by atoms with van der Waals surface area (Å²) in [7, 11) is 1.69. The van der Waals surface area contributed by atoms with Crippen LogP contribution >= 0.6 is 11.8 Å². The second kappa shape index (κ2) is 7.33. The second-order valence-corrected chi connectivity index (χ2v) is 5.18. The first-order chi connectivity index (χ1) is 9.02. The van der Waals surface area contributed by atoms with E-state index in [0.29, 0.717) is 6.54 Å². The molecule has 1 N–H and O–H groups in total. The van der Waals surface area contributed by atoms with E-state index in [2.05, 4.69) is 10.3 Å². The average Bonchev–Trinajstić information content (AvgIpc) is 2.40. The standard InChI is InChI=1S/C13H20FN3OS/c1-5-15-12-11(14)10(6-7-16-12)13(18)17(3)9(2)8-19-4/h6-7,9H,5,8H2,1-4H3,(H,15,16). The predicted octanol–water partition coefficient (Wildman–Crippen LogP) is 2.48. The molecule has 0 fully saturated rings. The van der Waals surface area contributed by atoms with Gasteiger partial charge in [0.25, 0.3) is 5.91 Å². The maximum absolute atomic E-state index is 14.1. The molecule has 19 heavy (non-hydrogen) atoms. The molecule has 1 aromatic rings. The van der Waals surface area contributed by atoms with Gasteiger partial charge in [-0.25, -0.2) is 9.37 Å². The van der Waals surface area contributed by atoms with Crippen LogP contribution in [0, 0.1) is 5.82 Å². The predicted molar refractivity (Wildman–Crippen MR) is 78.3 cm³/mol. The van der Waals surface area contributed by atoms with Crippen molar-refractivity contribution in [3.8, 4) is 0 Å². The fraction of sp³-hybridized carbons (Fsp3) is 0.538. The maximum Gasteiger partial charge on any atom is 0.257 e. The third-order valence-corrected chi connectivity index (χ3v) is 3.67. The van der Waals surface area contributed by atoms with Crippen LogP contribution in [0.25, 0.3) is 0 Å². The zero-order valence-corrected chi connectivity index (χ0v) is 12.6. The number of hydrogen-bond donors (Lipinski definition) is 1. The number of amides is 1. The first-order valence-corrected chi connectivity index (χ1v) is 7.56. The molecule has 0 aliphatic rings. The Balaban J connectivity index is 2.96. The van der Waals surface area contributed by atoms with E-state index in [1.165, 1.54) is 12.3 Å². The highest BCUT2D eigenvalue weighted by Crippen LogP contribution is 2.17. The zero-order chi connectivity index (χ0) is 14.4. The minimum Gasteiger partial charge on any atom is -0.368 e. The molecular formula is C13H20FN3OS. The van der Waals surface area contributed by atoms with Gasteiger partial charge in [-0.05, 0) is 26.2 Å². The molecule has 0 saturated carbocycles. The van der Waals surface area contributed by atoms with Gasteiger partial charge in [-0.15, -0.1) is 0 Å². The van der Waals surface area contributed by atoms with Gasteiger partial charge in [-0.1, -0.05) is 0 Å². The Kier molecular flexibility index (Phi) is 6.08. The minimum atomic E-state index is -0.586. The number of nitrogens with one attached hydrogen (secondary N) is 1. The molecule has 0 radical (unpaired) electrons. The van der Waals surface area contributed by atoms with E-state index in [9.17, 15) is 9.18 Å². The van der Waals surface area contributed by atoms with Gasteiger partial charge in [0.2, 0.25) is 0 Å². The molecule has 4 nitrogen and oxygen atoms in total. The topological polar surface area (TPSA) is 45.2 Å². The number of hydrogen-bond acceptors (Lipinski definition) is 4. The number of anilines is 1. The van der Waals surface area contributed by atoms with Crippen molar-refractivity contribution in [2.75, 3.05) is 30.9 Å². The Morgan fingerprint density at radius 3 is 2.89 bits per heavy atom. The van der Waals surface area contributed by atoms with Crippen molar-refractivity contribution in [3.05, 3.63) is 23.6 Å². The van der Waals surface area contributed by atoms with Crippen molar-refractivity contribution in [3.63, 3.8) is 0 Å². The molecule has 1 aromatic heterocycles. The molecule has 0 spiro atoms. The van der Waals surface area contributed by atoms with Crippen molar-refractivity contribution in [2.24, 2.45) is 0 Å². The van der Waals surface area contributed by atoms with Gasteiger partial charge in [-0.2, -0.15) is 11.8 Å². The summed E-state index contributed by atoms with van der Waals surface area (Å²) in [6.45, 7) is 4.35. The number of thioether (sulfide) groups is 1. The van der Waals surface area contributed by atoms with Crippen LogP contribution in [0.2, 0.25) is 0 Å². The van der Waals surface area contributed by atoms with Crippen LogP contribution in [0.15, 0.2) is 12.3 Å². The Morgan fingerprint density at radius 2 is 2.32 bits per heavy atom. The lowest BCUT2D eigenvalue weighted by Crippen LogP contribution is -2.37. The highest BCUT2D eigenvalue weighted by atomic mass is 32.2. The Morgan fingerprint density at radius 1 is 1.63 bits per heavy atom. The number of carbonyl (C=O) groups excluding carboxylic acids is 1. The smallest absolute Gasteiger partial charge is 0.257 e. The maximum atomic E-state index is 14.1. The molecule has 0 aliphatic heterocycles. The molecule has 1 rings (SSSR count). The first-order valence-electron chi connectivity index (χ1n) is 6.17. The minimum absolute atomic E-state index is 0.0534. The molecule has 106 valence electrons. The third kappa shape index (κ3) is 3.83. The van der Waals surface area contributed by atoms with E-state index < -0.39 is 5.82 Å². The normalized spacial score (nSPS) is 12.1. The molecule has 1 heterocycles. The van der Waals surface area contributed by atoms with E-state index in [-0.39, 0.29) is 23.3 Å². The van der Waals surface area contributed by atoms with Crippen LogP contribution < -0.4 is 5.32 Å². The van der Waals surface area contributed by atoms with Gasteiger partial charge < -0.3 is 10.2 Å².